The van der Waals surface area contributed by atoms with Gasteiger partial charge in [0.05, 0.1) is 15.9 Å². The fourth-order valence-corrected chi connectivity index (χ4v) is 2.97. The summed E-state index contributed by atoms with van der Waals surface area (Å²) in [6, 6.07) is 5.20. The van der Waals surface area contributed by atoms with Crippen LogP contribution in [0, 0.1) is 13.8 Å². The minimum atomic E-state index is -0.994. The number of carboxylic acids is 1. The average Bonchev–Trinajstić information content (AvgIpc) is 2.51. The number of carboxylic acid groups (broad SMARTS) is 1. The van der Waals surface area contributed by atoms with Gasteiger partial charge in [0.2, 0.25) is 0 Å². The lowest BCUT2D eigenvalue weighted by molar-refractivity contribution is -0.139. The van der Waals surface area contributed by atoms with Crippen molar-refractivity contribution in [2.24, 2.45) is 0 Å². The van der Waals surface area contributed by atoms with Gasteiger partial charge in [-0.3, -0.25) is 0 Å². The Bertz CT molecular complexity index is 731. The molecule has 9 heteroatoms. The number of anilines is 1. The SMILES string of the molecule is Cc1nc(Br)cc(Br)c1O.Cc1nc(N(C)C)ccc1OCC(=O)O. The summed E-state index contributed by atoms with van der Waals surface area (Å²) in [5, 5.41) is 17.7. The number of nitrogens with zero attached hydrogens (tertiary/aromatic N) is 3. The number of halogens is 2. The second-order valence-corrected chi connectivity index (χ2v) is 6.86. The molecule has 2 heterocycles. The monoisotopic (exact) mass is 475 g/mol. The van der Waals surface area contributed by atoms with Crippen molar-refractivity contribution in [3.8, 4) is 11.5 Å². The Morgan fingerprint density at radius 2 is 1.84 bits per heavy atom. The standard InChI is InChI=1S/C10H14N2O3.C6H5Br2NO/c1-7-8(15-6-10(13)14)4-5-9(11-7)12(2)3;1-3-6(10)4(7)2-5(8)9-3/h4-5H,6H2,1-3H3,(H,13,14);2,10H,1H3. The normalized spacial score (nSPS) is 9.84. The molecule has 25 heavy (non-hydrogen) atoms. The highest BCUT2D eigenvalue weighted by Gasteiger charge is 2.06. The van der Waals surface area contributed by atoms with Gasteiger partial charge in [-0.15, -0.1) is 0 Å². The Kier molecular flexibility index (Phi) is 8.11. The van der Waals surface area contributed by atoms with Gasteiger partial charge in [-0.2, -0.15) is 0 Å². The summed E-state index contributed by atoms with van der Waals surface area (Å²) in [7, 11) is 3.78. The maximum atomic E-state index is 10.3. The molecule has 7 nitrogen and oxygen atoms in total. The molecule has 2 N–H and O–H groups in total. The van der Waals surface area contributed by atoms with Crippen LogP contribution in [0.2, 0.25) is 0 Å². The van der Waals surface area contributed by atoms with E-state index in [0.29, 0.717) is 21.6 Å². The van der Waals surface area contributed by atoms with Crippen LogP contribution in [0.5, 0.6) is 11.5 Å². The van der Waals surface area contributed by atoms with Crippen molar-refractivity contribution in [1.82, 2.24) is 9.97 Å². The molecule has 0 saturated carbocycles. The van der Waals surface area contributed by atoms with Crippen LogP contribution in [-0.4, -0.2) is 46.9 Å². The molecule has 0 atom stereocenters. The summed E-state index contributed by atoms with van der Waals surface area (Å²) in [5.74, 6) is 0.521. The molecule has 2 aromatic heterocycles. The number of hydrogen-bond donors (Lipinski definition) is 2. The van der Waals surface area contributed by atoms with E-state index in [1.54, 1.807) is 32.0 Å². The van der Waals surface area contributed by atoms with Crippen LogP contribution in [0.25, 0.3) is 0 Å². The number of ether oxygens (including phenoxy) is 1. The summed E-state index contributed by atoms with van der Waals surface area (Å²) in [6.45, 7) is 3.18. The van der Waals surface area contributed by atoms with Crippen LogP contribution < -0.4 is 9.64 Å². The van der Waals surface area contributed by atoms with Gasteiger partial charge in [0.1, 0.15) is 16.2 Å². The van der Waals surface area contributed by atoms with Gasteiger partial charge >= 0.3 is 5.97 Å². The molecule has 136 valence electrons. The summed E-state index contributed by atoms with van der Waals surface area (Å²) in [4.78, 5) is 20.4. The zero-order valence-electron chi connectivity index (χ0n) is 14.2. The number of aliphatic carboxylic acids is 1. The highest BCUT2D eigenvalue weighted by Crippen LogP contribution is 2.28. The number of pyridine rings is 2. The minimum absolute atomic E-state index is 0.197. The van der Waals surface area contributed by atoms with Crippen molar-refractivity contribution in [3.63, 3.8) is 0 Å². The van der Waals surface area contributed by atoms with Crippen LogP contribution >= 0.6 is 31.9 Å². The second-order valence-electron chi connectivity index (χ2n) is 5.19. The first-order valence-electron chi connectivity index (χ1n) is 7.13. The molecule has 0 radical (unpaired) electrons. The summed E-state index contributed by atoms with van der Waals surface area (Å²) in [5.41, 5.74) is 1.30. The zero-order valence-corrected chi connectivity index (χ0v) is 17.4. The highest BCUT2D eigenvalue weighted by molar-refractivity contribution is 9.11. The smallest absolute Gasteiger partial charge is 0.341 e. The Labute approximate surface area is 162 Å². The van der Waals surface area contributed by atoms with Crippen molar-refractivity contribution in [1.29, 1.82) is 0 Å². The van der Waals surface area contributed by atoms with Gasteiger partial charge in [0.15, 0.2) is 12.4 Å². The number of hydrogen-bond acceptors (Lipinski definition) is 6. The topological polar surface area (TPSA) is 95.8 Å². The molecule has 2 rings (SSSR count). The molecule has 0 fully saturated rings. The molecule has 0 aliphatic heterocycles. The summed E-state index contributed by atoms with van der Waals surface area (Å²) < 4.78 is 6.43. The molecular weight excluding hydrogens is 458 g/mol. The van der Waals surface area contributed by atoms with E-state index < -0.39 is 5.97 Å². The maximum absolute atomic E-state index is 10.3. The van der Waals surface area contributed by atoms with Crippen molar-refractivity contribution in [2.75, 3.05) is 25.6 Å². The van der Waals surface area contributed by atoms with Crippen LogP contribution in [0.15, 0.2) is 27.3 Å². The van der Waals surface area contributed by atoms with Crippen LogP contribution in [0.4, 0.5) is 5.82 Å². The van der Waals surface area contributed by atoms with Gasteiger partial charge in [0.25, 0.3) is 0 Å². The quantitative estimate of drug-likeness (QED) is 0.651. The first kappa shape index (κ1) is 21.2. The molecule has 0 aliphatic carbocycles. The number of aromatic nitrogens is 2. The van der Waals surface area contributed by atoms with Crippen LogP contribution in [0.1, 0.15) is 11.4 Å². The molecule has 0 saturated heterocycles. The van der Waals surface area contributed by atoms with Gasteiger partial charge < -0.3 is 19.8 Å². The lowest BCUT2D eigenvalue weighted by Crippen LogP contribution is -2.13. The Hall–Kier alpha value is -1.87. The van der Waals surface area contributed by atoms with E-state index in [1.807, 2.05) is 19.0 Å². The fourth-order valence-electron chi connectivity index (χ4n) is 1.67. The van der Waals surface area contributed by atoms with Gasteiger partial charge in [-0.1, -0.05) is 0 Å². The van der Waals surface area contributed by atoms with E-state index in [1.165, 1.54) is 0 Å². The first-order chi connectivity index (χ1) is 11.6. The number of aryl methyl sites for hydroxylation is 2. The average molecular weight is 477 g/mol. The summed E-state index contributed by atoms with van der Waals surface area (Å²) >= 11 is 6.37. The molecule has 0 aromatic carbocycles. The van der Waals surface area contributed by atoms with Crippen molar-refractivity contribution < 1.29 is 19.7 Å². The van der Waals surface area contributed by atoms with Crippen molar-refractivity contribution >= 4 is 43.6 Å². The van der Waals surface area contributed by atoms with Crippen molar-refractivity contribution in [3.05, 3.63) is 38.7 Å². The lowest BCUT2D eigenvalue weighted by atomic mass is 10.3. The number of aromatic hydroxyl groups is 1. The van der Waals surface area contributed by atoms with E-state index in [9.17, 15) is 9.90 Å². The zero-order chi connectivity index (χ0) is 19.1. The van der Waals surface area contributed by atoms with Crippen molar-refractivity contribution in [2.45, 2.75) is 13.8 Å². The predicted octanol–water partition coefficient (Wildman–Crippen LogP) is 3.54. The molecule has 0 unspecified atom stereocenters. The largest absolute Gasteiger partial charge is 0.505 e. The maximum Gasteiger partial charge on any atom is 0.341 e. The molecule has 0 bridgehead atoms. The third-order valence-corrected chi connectivity index (χ3v) is 3.93. The van der Waals surface area contributed by atoms with Gasteiger partial charge in [0, 0.05) is 14.1 Å². The van der Waals surface area contributed by atoms with E-state index in [2.05, 4.69) is 41.8 Å². The number of rotatable bonds is 4. The second kappa shape index (κ2) is 9.57. The van der Waals surface area contributed by atoms with Gasteiger partial charge in [-0.25, -0.2) is 14.8 Å². The van der Waals surface area contributed by atoms with E-state index in [0.717, 1.165) is 10.4 Å². The Balaban J connectivity index is 0.000000271. The van der Waals surface area contributed by atoms with Crippen LogP contribution in [-0.2, 0) is 4.79 Å². The molecule has 0 amide bonds. The van der Waals surface area contributed by atoms with E-state index in [4.69, 9.17) is 9.84 Å². The third-order valence-electron chi connectivity index (χ3n) is 2.92. The van der Waals surface area contributed by atoms with E-state index in [-0.39, 0.29) is 12.4 Å². The van der Waals surface area contributed by atoms with Crippen LogP contribution in [0.3, 0.4) is 0 Å². The van der Waals surface area contributed by atoms with E-state index >= 15 is 0 Å². The summed E-state index contributed by atoms with van der Waals surface area (Å²) in [6.07, 6.45) is 0. The fraction of sp³-hybridized carbons (Fsp3) is 0.312. The predicted molar refractivity (Wildman–Crippen MR) is 102 cm³/mol. The highest BCUT2D eigenvalue weighted by atomic mass is 79.9. The molecule has 0 spiro atoms. The number of carbonyl (C=O) groups is 1. The Morgan fingerprint density at radius 1 is 1.20 bits per heavy atom. The third kappa shape index (κ3) is 6.87. The minimum Gasteiger partial charge on any atom is -0.505 e. The first-order valence-corrected chi connectivity index (χ1v) is 8.71. The lowest BCUT2D eigenvalue weighted by Gasteiger charge is -2.13. The molecule has 0 aliphatic rings. The van der Waals surface area contributed by atoms with Gasteiger partial charge in [-0.05, 0) is 63.9 Å². The molecule has 2 aromatic rings. The Morgan fingerprint density at radius 3 is 2.32 bits per heavy atom. The molecular formula is C16H19Br2N3O4.